The Labute approximate surface area is 258 Å². The van der Waals surface area contributed by atoms with Crippen LogP contribution in [0.4, 0.5) is 0 Å². The summed E-state index contributed by atoms with van der Waals surface area (Å²) in [7, 11) is -3.77. The molecule has 0 aliphatic carbocycles. The van der Waals surface area contributed by atoms with Crippen LogP contribution in [0.25, 0.3) is 0 Å². The summed E-state index contributed by atoms with van der Waals surface area (Å²) in [6.45, 7) is 8.72. The van der Waals surface area contributed by atoms with E-state index in [2.05, 4.69) is 56.9 Å². The highest BCUT2D eigenvalue weighted by atomic mass is 31.2. The maximum absolute atomic E-state index is 13.5. The number of hydrogen-bond acceptors (Lipinski definition) is 6. The predicted octanol–water partition coefficient (Wildman–Crippen LogP) is 8.85. The number of phosphoric acid groups is 1. The summed E-state index contributed by atoms with van der Waals surface area (Å²) in [6, 6.07) is 27.8. The highest BCUT2D eigenvalue weighted by molar-refractivity contribution is 7.48. The average molecular weight is 604 g/mol. The van der Waals surface area contributed by atoms with Crippen molar-refractivity contribution in [3.05, 3.63) is 107 Å². The zero-order valence-corrected chi connectivity index (χ0v) is 26.8. The summed E-state index contributed by atoms with van der Waals surface area (Å²) in [4.78, 5) is 5.86. The van der Waals surface area contributed by atoms with Gasteiger partial charge in [0.15, 0.2) is 0 Å². The Bertz CT molecular complexity index is 1280. The van der Waals surface area contributed by atoms with Crippen LogP contribution in [0.3, 0.4) is 0 Å². The fraction of sp³-hybridized carbons (Fsp3) is 0.444. The van der Waals surface area contributed by atoms with Gasteiger partial charge in [0.25, 0.3) is 0 Å². The number of phosphoric ester groups is 1. The molecule has 43 heavy (non-hydrogen) atoms. The zero-order chi connectivity index (χ0) is 30.4. The van der Waals surface area contributed by atoms with Gasteiger partial charge in [0, 0.05) is 12.0 Å². The summed E-state index contributed by atoms with van der Waals surface area (Å²) in [5, 5.41) is 1.85. The van der Waals surface area contributed by atoms with E-state index in [4.69, 9.17) is 18.4 Å². The van der Waals surface area contributed by atoms with Gasteiger partial charge in [0.2, 0.25) is 0 Å². The number of hydroxylamine groups is 2. The van der Waals surface area contributed by atoms with Crippen LogP contribution in [0.15, 0.2) is 84.9 Å². The standard InChI is InChI=1S/C36H46NO5P/c1-36(2,3)34-24-22-31(23-25-34)17-11-7-5-4-6-8-16-26-39-37-27-35(28-37)42-43(38,40-29-32-18-12-9-13-19-32)41-30-33-20-14-10-15-21-33/h9-10,12-15,18-25,35H,4-8,16,26-30H2,1-3H3. The molecule has 3 aromatic rings. The van der Waals surface area contributed by atoms with Gasteiger partial charge >= 0.3 is 7.82 Å². The number of rotatable bonds is 16. The van der Waals surface area contributed by atoms with E-state index >= 15 is 0 Å². The summed E-state index contributed by atoms with van der Waals surface area (Å²) in [5.74, 6) is 6.60. The molecular weight excluding hydrogens is 557 g/mol. The quantitative estimate of drug-likeness (QED) is 0.0926. The fourth-order valence-corrected chi connectivity index (χ4v) is 5.88. The first kappa shape index (κ1) is 33.1. The molecule has 1 heterocycles. The minimum atomic E-state index is -3.77. The Morgan fingerprint density at radius 1 is 0.767 bits per heavy atom. The molecule has 1 aliphatic heterocycles. The molecule has 6 nitrogen and oxygen atoms in total. The minimum Gasteiger partial charge on any atom is -0.299 e. The van der Waals surface area contributed by atoms with Crippen LogP contribution < -0.4 is 0 Å². The van der Waals surface area contributed by atoms with E-state index in [-0.39, 0.29) is 24.7 Å². The molecule has 1 fully saturated rings. The molecule has 0 spiro atoms. The normalized spacial score (nSPS) is 14.2. The number of hydrogen-bond donors (Lipinski definition) is 0. The minimum absolute atomic E-state index is 0.151. The van der Waals surface area contributed by atoms with Crippen LogP contribution >= 0.6 is 7.82 Å². The van der Waals surface area contributed by atoms with Crippen molar-refractivity contribution in [3.8, 4) is 11.8 Å². The van der Waals surface area contributed by atoms with Gasteiger partial charge in [-0.25, -0.2) is 4.57 Å². The molecule has 3 aromatic carbocycles. The molecule has 0 saturated carbocycles. The van der Waals surface area contributed by atoms with Crippen LogP contribution in [0.1, 0.15) is 81.5 Å². The lowest BCUT2D eigenvalue weighted by Gasteiger charge is -2.38. The van der Waals surface area contributed by atoms with Gasteiger partial charge in [-0.2, -0.15) is 5.06 Å². The highest BCUT2D eigenvalue weighted by Gasteiger charge is 2.38. The van der Waals surface area contributed by atoms with E-state index in [1.807, 2.05) is 65.7 Å². The molecule has 0 bridgehead atoms. The average Bonchev–Trinajstić information content (AvgIpc) is 2.99. The smallest absolute Gasteiger partial charge is 0.299 e. The maximum Gasteiger partial charge on any atom is 0.475 e. The van der Waals surface area contributed by atoms with Gasteiger partial charge in [-0.1, -0.05) is 125 Å². The summed E-state index contributed by atoms with van der Waals surface area (Å²) in [5.41, 5.74) is 4.41. The molecule has 0 radical (unpaired) electrons. The molecule has 0 unspecified atom stereocenters. The van der Waals surface area contributed by atoms with Crippen molar-refractivity contribution in [1.29, 1.82) is 0 Å². The molecule has 0 aromatic heterocycles. The third-order valence-electron chi connectivity index (χ3n) is 7.26. The third-order valence-corrected chi connectivity index (χ3v) is 8.71. The van der Waals surface area contributed by atoms with E-state index in [0.29, 0.717) is 19.7 Å². The van der Waals surface area contributed by atoms with Gasteiger partial charge in [-0.05, 0) is 47.1 Å². The van der Waals surface area contributed by atoms with Gasteiger partial charge in [-0.3, -0.25) is 18.4 Å². The van der Waals surface area contributed by atoms with Crippen molar-refractivity contribution in [3.63, 3.8) is 0 Å². The Balaban J connectivity index is 1.07. The van der Waals surface area contributed by atoms with E-state index in [9.17, 15) is 4.57 Å². The van der Waals surface area contributed by atoms with E-state index in [1.54, 1.807) is 0 Å². The second kappa shape index (κ2) is 16.9. The van der Waals surface area contributed by atoms with E-state index < -0.39 is 7.82 Å². The Hall–Kier alpha value is -2.75. The van der Waals surface area contributed by atoms with E-state index in [0.717, 1.165) is 42.4 Å². The number of nitrogens with zero attached hydrogens (tertiary/aromatic N) is 1. The molecule has 230 valence electrons. The third kappa shape index (κ3) is 12.0. The topological polar surface area (TPSA) is 57.2 Å². The Morgan fingerprint density at radius 3 is 1.91 bits per heavy atom. The predicted molar refractivity (Wildman–Crippen MR) is 172 cm³/mol. The maximum atomic E-state index is 13.5. The molecule has 0 amide bonds. The van der Waals surface area contributed by atoms with Gasteiger partial charge in [0.1, 0.15) is 0 Å². The first-order valence-corrected chi connectivity index (χ1v) is 16.9. The Kier molecular flexibility index (Phi) is 13.0. The van der Waals surface area contributed by atoms with Crippen LogP contribution in [0, 0.1) is 11.8 Å². The van der Waals surface area contributed by atoms with Crippen LogP contribution in [0.5, 0.6) is 0 Å². The fourth-order valence-electron chi connectivity index (χ4n) is 4.57. The van der Waals surface area contributed by atoms with Crippen LogP contribution in [-0.4, -0.2) is 30.9 Å². The second-order valence-electron chi connectivity index (χ2n) is 12.0. The van der Waals surface area contributed by atoms with E-state index in [1.165, 1.54) is 18.4 Å². The first-order chi connectivity index (χ1) is 20.8. The molecular formula is C36H46NO5P. The second-order valence-corrected chi connectivity index (χ2v) is 13.6. The monoisotopic (exact) mass is 603 g/mol. The SMILES string of the molecule is CC(C)(C)c1ccc(C#CCCCCCCCON2CC(OP(=O)(OCc3ccccc3)OCc3ccccc3)C2)cc1. The molecule has 0 atom stereocenters. The van der Waals surface area contributed by atoms with Gasteiger partial charge in [-0.15, -0.1) is 0 Å². The van der Waals surface area contributed by atoms with Crippen LogP contribution in [-0.2, 0) is 41.6 Å². The van der Waals surface area contributed by atoms with Crippen molar-refractivity contribution in [2.24, 2.45) is 0 Å². The number of unbranched alkanes of at least 4 members (excludes halogenated alkanes) is 5. The summed E-state index contributed by atoms with van der Waals surface area (Å²) >= 11 is 0. The van der Waals surface area contributed by atoms with Crippen molar-refractivity contribution in [2.45, 2.75) is 84.0 Å². The number of benzene rings is 3. The molecule has 1 saturated heterocycles. The summed E-state index contributed by atoms with van der Waals surface area (Å²) < 4.78 is 30.8. The molecule has 0 N–H and O–H groups in total. The molecule has 4 rings (SSSR count). The Morgan fingerprint density at radius 2 is 1.33 bits per heavy atom. The lowest BCUT2D eigenvalue weighted by Crippen LogP contribution is -2.51. The van der Waals surface area contributed by atoms with Gasteiger partial charge in [0.05, 0.1) is 39.0 Å². The molecule has 7 heteroatoms. The van der Waals surface area contributed by atoms with Crippen molar-refractivity contribution >= 4 is 7.82 Å². The molecule has 1 aliphatic rings. The lowest BCUT2D eigenvalue weighted by atomic mass is 9.87. The van der Waals surface area contributed by atoms with Crippen molar-refractivity contribution < 1.29 is 23.0 Å². The highest BCUT2D eigenvalue weighted by Crippen LogP contribution is 2.53. The van der Waals surface area contributed by atoms with Crippen LogP contribution in [0.2, 0.25) is 0 Å². The van der Waals surface area contributed by atoms with Crippen molar-refractivity contribution in [1.82, 2.24) is 5.06 Å². The largest absolute Gasteiger partial charge is 0.475 e. The summed E-state index contributed by atoms with van der Waals surface area (Å²) in [6.07, 6.45) is 6.28. The lowest BCUT2D eigenvalue weighted by molar-refractivity contribution is -0.233. The first-order valence-electron chi connectivity index (χ1n) is 15.4. The zero-order valence-electron chi connectivity index (χ0n) is 25.9. The van der Waals surface area contributed by atoms with Crippen molar-refractivity contribution in [2.75, 3.05) is 19.7 Å². The van der Waals surface area contributed by atoms with Gasteiger partial charge < -0.3 is 0 Å².